The lowest BCUT2D eigenvalue weighted by molar-refractivity contribution is -0.110. The van der Waals surface area contributed by atoms with Crippen LogP contribution >= 0.6 is 34.0 Å². The van der Waals surface area contributed by atoms with Crippen LogP contribution in [0.1, 0.15) is 122 Å². The first kappa shape index (κ1) is 33.7. The number of carbonyl (C=O) groups is 4. The highest BCUT2D eigenvalue weighted by molar-refractivity contribution is 7.32. The molecule has 0 amide bonds. The predicted octanol–water partition coefficient (Wildman–Crippen LogP) is 11.6. The molecule has 0 aliphatic heterocycles. The van der Waals surface area contributed by atoms with Crippen LogP contribution in [-0.2, 0) is 20.4 Å². The number of rotatable bonds is 2. The van der Waals surface area contributed by atoms with Crippen molar-refractivity contribution in [2.24, 2.45) is 0 Å². The van der Waals surface area contributed by atoms with Gasteiger partial charge in [-0.1, -0.05) is 38.5 Å². The van der Waals surface area contributed by atoms with E-state index in [1.807, 2.05) is 6.07 Å². The molecular weight excluding hydrogens is 765 g/mol. The molecule has 274 valence electrons. The average molecular weight is 793 g/mol. The van der Waals surface area contributed by atoms with Crippen LogP contribution in [0.2, 0.25) is 0 Å². The molecule has 0 unspecified atom stereocenters. The Morgan fingerprint density at radius 1 is 0.545 bits per heavy atom. The second-order valence-electron chi connectivity index (χ2n) is 15.6. The maximum absolute atomic E-state index is 15.3. The fourth-order valence-electron chi connectivity index (χ4n) is 10.6. The maximum atomic E-state index is 15.3. The molecule has 11 heteroatoms. The molecule has 6 aliphatic rings. The van der Waals surface area contributed by atoms with Gasteiger partial charge in [-0.05, 0) is 78.8 Å². The summed E-state index contributed by atoms with van der Waals surface area (Å²) >= 11 is 5.01. The number of carbonyl (C=O) groups excluding carboxylic acids is 4. The van der Waals surface area contributed by atoms with E-state index in [2.05, 4.69) is 6.08 Å². The van der Waals surface area contributed by atoms with Crippen molar-refractivity contribution < 1.29 is 36.7 Å². The largest absolute Gasteiger partial charge is 0.285 e. The van der Waals surface area contributed by atoms with Crippen molar-refractivity contribution in [2.75, 3.05) is 0 Å². The van der Waals surface area contributed by atoms with E-state index in [9.17, 15) is 32.3 Å². The van der Waals surface area contributed by atoms with Crippen molar-refractivity contribution >= 4 is 89.8 Å². The predicted molar refractivity (Wildman–Crippen MR) is 207 cm³/mol. The maximum Gasteiger partial charge on any atom is 0.237 e. The second kappa shape index (κ2) is 11.5. The third-order valence-corrected chi connectivity index (χ3v) is 16.5. The summed E-state index contributed by atoms with van der Waals surface area (Å²) in [6.07, 6.45) is 15.3. The van der Waals surface area contributed by atoms with Gasteiger partial charge in [0.25, 0.3) is 0 Å². The Morgan fingerprint density at radius 3 is 1.87 bits per heavy atom. The number of hydrogen-bond donors (Lipinski definition) is 0. The highest BCUT2D eigenvalue weighted by atomic mass is 32.1. The van der Waals surface area contributed by atoms with E-state index in [0.29, 0.717) is 6.07 Å². The molecule has 2 aromatic carbocycles. The van der Waals surface area contributed by atoms with E-state index in [1.165, 1.54) is 37.8 Å². The summed E-state index contributed by atoms with van der Waals surface area (Å²) in [5, 5.41) is 0. The Bertz CT molecular complexity index is 2790. The molecule has 55 heavy (non-hydrogen) atoms. The van der Waals surface area contributed by atoms with Gasteiger partial charge in [0.15, 0.2) is 0 Å². The first-order valence-electron chi connectivity index (χ1n) is 18.6. The van der Waals surface area contributed by atoms with E-state index < -0.39 is 51.8 Å². The Morgan fingerprint density at radius 2 is 1.16 bits per heavy atom. The quantitative estimate of drug-likeness (QED) is 0.101. The Labute approximate surface area is 323 Å². The number of hydrogen-bond acceptors (Lipinski definition) is 7. The van der Waals surface area contributed by atoms with Gasteiger partial charge in [0.2, 0.25) is 23.1 Å². The molecule has 5 aromatic rings. The first-order valence-corrected chi connectivity index (χ1v) is 21.0. The van der Waals surface area contributed by atoms with Gasteiger partial charge in [-0.15, -0.1) is 34.0 Å². The number of benzene rings is 2. The molecule has 6 aliphatic carbocycles. The van der Waals surface area contributed by atoms with E-state index >= 15 is 4.39 Å². The van der Waals surface area contributed by atoms with E-state index in [0.717, 1.165) is 107 Å². The molecular formula is C44H28F4O4S3. The van der Waals surface area contributed by atoms with Crippen molar-refractivity contribution in [3.63, 3.8) is 0 Å². The fraction of sp³-hybridized carbons (Fsp3) is 0.273. The molecule has 3 heterocycles. The molecule has 2 saturated carbocycles. The molecule has 4 nitrogen and oxygen atoms in total. The number of halogens is 4. The molecule has 0 radical (unpaired) electrons. The SMILES string of the molecule is O=C1C(=O)c2c(F)cc(F)cc2/C1=C/c1cc2sc3c(c2s1)C1(CCCCC1)c1c-3sc2c1C1(CCCCC1)C(/C=C1\C(=O)C(=O)c3cc(F)cc(F)c31)=C2. The van der Waals surface area contributed by atoms with Gasteiger partial charge < -0.3 is 0 Å². The van der Waals surface area contributed by atoms with Crippen LogP contribution in [0.5, 0.6) is 0 Å². The third kappa shape index (κ3) is 4.37. The molecule has 0 saturated heterocycles. The van der Waals surface area contributed by atoms with Crippen molar-refractivity contribution in [2.45, 2.75) is 75.0 Å². The lowest BCUT2D eigenvalue weighted by Crippen LogP contribution is -2.35. The third-order valence-electron chi connectivity index (χ3n) is 12.8. The van der Waals surface area contributed by atoms with Gasteiger partial charge in [0.1, 0.15) is 23.3 Å². The van der Waals surface area contributed by atoms with Crippen LogP contribution in [0, 0.1) is 23.3 Å². The summed E-state index contributed by atoms with van der Waals surface area (Å²) in [6, 6.07) is 5.35. The summed E-state index contributed by atoms with van der Waals surface area (Å²) in [6.45, 7) is 0. The molecule has 2 fully saturated rings. The first-order chi connectivity index (χ1) is 26.5. The van der Waals surface area contributed by atoms with Gasteiger partial charge in [-0.3, -0.25) is 19.2 Å². The van der Waals surface area contributed by atoms with E-state index in [1.54, 1.807) is 34.8 Å². The second-order valence-corrected chi connectivity index (χ2v) is 18.8. The zero-order chi connectivity index (χ0) is 37.7. The number of allylic oxidation sites excluding steroid dienone is 4. The fourth-order valence-corrected chi connectivity index (χ4v) is 15.0. The smallest absolute Gasteiger partial charge is 0.237 e. The summed E-state index contributed by atoms with van der Waals surface area (Å²) in [5.41, 5.74) is 3.39. The highest BCUT2D eigenvalue weighted by Crippen LogP contribution is 2.69. The van der Waals surface area contributed by atoms with Gasteiger partial charge in [-0.25, -0.2) is 17.6 Å². The number of Topliss-reactive ketones (excluding diaryl/α,β-unsaturated/α-hetero) is 4. The highest BCUT2D eigenvalue weighted by Gasteiger charge is 2.55. The van der Waals surface area contributed by atoms with Crippen LogP contribution in [0.25, 0.3) is 42.5 Å². The monoisotopic (exact) mass is 792 g/mol. The minimum absolute atomic E-state index is 0.00435. The molecule has 0 bridgehead atoms. The Balaban J connectivity index is 1.07. The molecule has 11 rings (SSSR count). The van der Waals surface area contributed by atoms with E-state index in [-0.39, 0.29) is 38.8 Å². The minimum atomic E-state index is -1.04. The minimum Gasteiger partial charge on any atom is -0.285 e. The number of fused-ring (bicyclic) bond motifs is 12. The summed E-state index contributed by atoms with van der Waals surface area (Å²) < 4.78 is 60.6. The van der Waals surface area contributed by atoms with Crippen molar-refractivity contribution in [3.8, 4) is 9.75 Å². The summed E-state index contributed by atoms with van der Waals surface area (Å²) in [4.78, 5) is 56.6. The topological polar surface area (TPSA) is 68.3 Å². The zero-order valence-corrected chi connectivity index (χ0v) is 31.5. The van der Waals surface area contributed by atoms with Gasteiger partial charge in [-0.2, -0.15) is 0 Å². The normalized spacial score (nSPS) is 21.7. The Hall–Kier alpha value is -4.58. The van der Waals surface area contributed by atoms with E-state index in [4.69, 9.17) is 0 Å². The van der Waals surface area contributed by atoms with Gasteiger partial charge in [0, 0.05) is 75.7 Å². The van der Waals surface area contributed by atoms with Crippen LogP contribution in [0.4, 0.5) is 17.6 Å². The summed E-state index contributed by atoms with van der Waals surface area (Å²) in [7, 11) is 0. The molecule has 3 aromatic heterocycles. The molecule has 0 N–H and O–H groups in total. The number of thiophene rings is 3. The number of ketones is 4. The molecule has 0 atom stereocenters. The van der Waals surface area contributed by atoms with Crippen LogP contribution in [0.3, 0.4) is 0 Å². The van der Waals surface area contributed by atoms with Gasteiger partial charge in [0.05, 0.1) is 15.1 Å². The van der Waals surface area contributed by atoms with Crippen molar-refractivity contribution in [3.05, 3.63) is 114 Å². The van der Waals surface area contributed by atoms with Crippen LogP contribution < -0.4 is 0 Å². The van der Waals surface area contributed by atoms with Crippen molar-refractivity contribution in [1.82, 2.24) is 0 Å². The average Bonchev–Trinajstić information content (AvgIpc) is 3.99. The standard InChI is InChI=1S/C44H28F4O4S3/c45-20-13-23-24(36(49)39(52)32(23)28(48)16-20)17-22-18-30-40(53-22)35-42(55-30)41-34(44(35)9-5-2-6-10-44)33-29(54-41)12-19(43(33)7-3-1-4-8-43)11-25-31-26(38(51)37(25)50)14-21(46)15-27(31)47/h11-18H,1-10H2/b24-17-,25-11-. The van der Waals surface area contributed by atoms with Crippen LogP contribution in [-0.4, -0.2) is 23.1 Å². The van der Waals surface area contributed by atoms with Crippen molar-refractivity contribution in [1.29, 1.82) is 0 Å². The Kier molecular flexibility index (Phi) is 7.05. The van der Waals surface area contributed by atoms with Crippen LogP contribution in [0.15, 0.2) is 42.0 Å². The lowest BCUT2D eigenvalue weighted by atomic mass is 9.61. The summed E-state index contributed by atoms with van der Waals surface area (Å²) in [5.74, 6) is -7.22. The van der Waals surface area contributed by atoms with Gasteiger partial charge >= 0.3 is 0 Å². The molecule has 2 spiro atoms. The lowest BCUT2D eigenvalue weighted by Gasteiger charge is -2.42. The zero-order valence-electron chi connectivity index (χ0n) is 29.1.